The standard InChI is InChI=1S/C23H35N3O2.CH2O2/c1-5-26-21(27)11-10-20(22(26)19-9-7-6-8-17(19)2)23(28)25(4)16-18-12-14-24(3)15-13-18;2-1-3/h6-9,18,20,22H,5,10-16H2,1-4H3;1H,(H,2,3)/t20-,22+;/m1./s1. The van der Waals surface area contributed by atoms with Gasteiger partial charge in [-0.05, 0) is 70.3 Å². The Kier molecular flexibility index (Phi) is 9.49. The SMILES string of the molecule is CCN1C(=O)CC[C@@H](C(=O)N(C)CC2CCN(C)CC2)[C@@H]1c1ccccc1C.O=CO. The van der Waals surface area contributed by atoms with Gasteiger partial charge in [-0.1, -0.05) is 24.3 Å². The van der Waals surface area contributed by atoms with E-state index in [9.17, 15) is 9.59 Å². The second kappa shape index (κ2) is 11.8. The molecule has 7 heteroatoms. The topological polar surface area (TPSA) is 81.2 Å². The Morgan fingerprint density at radius 3 is 2.42 bits per heavy atom. The van der Waals surface area contributed by atoms with Crippen LogP contribution in [0.4, 0.5) is 0 Å². The van der Waals surface area contributed by atoms with Crippen molar-refractivity contribution in [2.24, 2.45) is 11.8 Å². The van der Waals surface area contributed by atoms with Crippen molar-refractivity contribution in [1.29, 1.82) is 0 Å². The molecule has 1 aromatic rings. The third-order valence-electron chi connectivity index (χ3n) is 6.62. The number of rotatable bonds is 5. The second-order valence-electron chi connectivity index (χ2n) is 8.70. The summed E-state index contributed by atoms with van der Waals surface area (Å²) in [4.78, 5) is 40.7. The van der Waals surface area contributed by atoms with E-state index < -0.39 is 0 Å². The van der Waals surface area contributed by atoms with Crippen LogP contribution in [0.1, 0.15) is 49.8 Å². The number of amides is 2. The summed E-state index contributed by atoms with van der Waals surface area (Å²) in [5, 5.41) is 6.89. The number of hydrogen-bond acceptors (Lipinski definition) is 4. The maximum absolute atomic E-state index is 13.5. The van der Waals surface area contributed by atoms with Crippen LogP contribution in [0, 0.1) is 18.8 Å². The first-order valence-corrected chi connectivity index (χ1v) is 11.2. The smallest absolute Gasteiger partial charge is 0.290 e. The zero-order valence-electron chi connectivity index (χ0n) is 19.3. The molecule has 0 unspecified atom stereocenters. The molecule has 1 N–H and O–H groups in total. The van der Waals surface area contributed by atoms with E-state index in [0.717, 1.165) is 43.6 Å². The van der Waals surface area contributed by atoms with Crippen molar-refractivity contribution >= 4 is 18.3 Å². The van der Waals surface area contributed by atoms with Crippen molar-refractivity contribution < 1.29 is 19.5 Å². The lowest BCUT2D eigenvalue weighted by Gasteiger charge is -2.42. The van der Waals surface area contributed by atoms with Gasteiger partial charge in [0.2, 0.25) is 11.8 Å². The minimum Gasteiger partial charge on any atom is -0.483 e. The predicted octanol–water partition coefficient (Wildman–Crippen LogP) is 2.80. The predicted molar refractivity (Wildman–Crippen MR) is 121 cm³/mol. The molecule has 2 amide bonds. The molecule has 0 saturated carbocycles. The van der Waals surface area contributed by atoms with Gasteiger partial charge >= 0.3 is 0 Å². The Morgan fingerprint density at radius 1 is 1.23 bits per heavy atom. The van der Waals surface area contributed by atoms with Crippen molar-refractivity contribution in [1.82, 2.24) is 14.7 Å². The summed E-state index contributed by atoms with van der Waals surface area (Å²) < 4.78 is 0. The molecule has 7 nitrogen and oxygen atoms in total. The number of hydrogen-bond donors (Lipinski definition) is 1. The fourth-order valence-electron chi connectivity index (χ4n) is 4.89. The molecule has 0 aliphatic carbocycles. The first kappa shape index (κ1) is 24.9. The van der Waals surface area contributed by atoms with Crippen molar-refractivity contribution in [2.75, 3.05) is 40.3 Å². The second-order valence-corrected chi connectivity index (χ2v) is 8.70. The third-order valence-corrected chi connectivity index (χ3v) is 6.62. The average molecular weight is 432 g/mol. The first-order chi connectivity index (χ1) is 14.8. The number of nitrogens with zero attached hydrogens (tertiary/aromatic N) is 3. The van der Waals surface area contributed by atoms with Gasteiger partial charge < -0.3 is 19.8 Å². The molecule has 3 rings (SSSR count). The van der Waals surface area contributed by atoms with Crippen LogP contribution >= 0.6 is 0 Å². The van der Waals surface area contributed by atoms with E-state index in [1.807, 2.05) is 35.9 Å². The molecule has 1 aromatic carbocycles. The van der Waals surface area contributed by atoms with E-state index in [-0.39, 0.29) is 30.2 Å². The highest BCUT2D eigenvalue weighted by molar-refractivity contribution is 5.85. The summed E-state index contributed by atoms with van der Waals surface area (Å²) in [5.41, 5.74) is 2.26. The third kappa shape index (κ3) is 6.29. The number of piperidine rings is 2. The van der Waals surface area contributed by atoms with E-state index in [0.29, 0.717) is 25.3 Å². The number of carbonyl (C=O) groups excluding carboxylic acids is 2. The number of likely N-dealkylation sites (tertiary alicyclic amines) is 2. The molecule has 2 aliphatic rings. The molecule has 2 aliphatic heterocycles. The van der Waals surface area contributed by atoms with Crippen LogP contribution in [0.15, 0.2) is 24.3 Å². The molecular formula is C24H37N3O4. The van der Waals surface area contributed by atoms with E-state index in [1.165, 1.54) is 0 Å². The lowest BCUT2D eigenvalue weighted by Crippen LogP contribution is -2.49. The summed E-state index contributed by atoms with van der Waals surface area (Å²) in [7, 11) is 4.11. The highest BCUT2D eigenvalue weighted by Gasteiger charge is 2.41. The highest BCUT2D eigenvalue weighted by atomic mass is 16.3. The number of carbonyl (C=O) groups is 3. The summed E-state index contributed by atoms with van der Waals surface area (Å²) >= 11 is 0. The monoisotopic (exact) mass is 431 g/mol. The fourth-order valence-corrected chi connectivity index (χ4v) is 4.89. The molecule has 172 valence electrons. The van der Waals surface area contributed by atoms with Crippen LogP contribution in [0.25, 0.3) is 0 Å². The summed E-state index contributed by atoms with van der Waals surface area (Å²) in [6.45, 7) is 7.52. The van der Waals surface area contributed by atoms with Gasteiger partial charge in [0.1, 0.15) is 0 Å². The Morgan fingerprint density at radius 2 is 1.84 bits per heavy atom. The number of benzene rings is 1. The van der Waals surface area contributed by atoms with Crippen molar-refractivity contribution in [3.63, 3.8) is 0 Å². The van der Waals surface area contributed by atoms with Gasteiger partial charge in [-0.25, -0.2) is 0 Å². The van der Waals surface area contributed by atoms with E-state index in [2.05, 4.69) is 31.0 Å². The van der Waals surface area contributed by atoms with Gasteiger partial charge in [-0.2, -0.15) is 0 Å². The van der Waals surface area contributed by atoms with Gasteiger partial charge in [0.15, 0.2) is 0 Å². The Balaban J connectivity index is 0.00000107. The van der Waals surface area contributed by atoms with Crippen LogP contribution < -0.4 is 0 Å². The van der Waals surface area contributed by atoms with E-state index in [4.69, 9.17) is 9.90 Å². The first-order valence-electron chi connectivity index (χ1n) is 11.2. The molecule has 2 atom stereocenters. The largest absolute Gasteiger partial charge is 0.483 e. The maximum Gasteiger partial charge on any atom is 0.290 e. The van der Waals surface area contributed by atoms with Crippen molar-refractivity contribution in [3.8, 4) is 0 Å². The quantitative estimate of drug-likeness (QED) is 0.725. The zero-order valence-corrected chi connectivity index (χ0v) is 19.3. The summed E-state index contributed by atoms with van der Waals surface area (Å²) in [5.74, 6) is 0.778. The zero-order chi connectivity index (χ0) is 23.0. The van der Waals surface area contributed by atoms with E-state index >= 15 is 0 Å². The van der Waals surface area contributed by atoms with Crippen molar-refractivity contribution in [2.45, 2.75) is 45.6 Å². The highest BCUT2D eigenvalue weighted by Crippen LogP contribution is 2.39. The Hall–Kier alpha value is -2.41. The molecule has 2 saturated heterocycles. The molecule has 0 aromatic heterocycles. The van der Waals surface area contributed by atoms with Gasteiger partial charge in [-0.3, -0.25) is 14.4 Å². The molecule has 2 fully saturated rings. The number of aryl methyl sites for hydroxylation is 1. The van der Waals surface area contributed by atoms with Crippen LogP contribution in [0.3, 0.4) is 0 Å². The Labute approximate surface area is 186 Å². The minimum absolute atomic E-state index is 0.153. The minimum atomic E-state index is -0.250. The molecule has 31 heavy (non-hydrogen) atoms. The molecular weight excluding hydrogens is 394 g/mol. The maximum atomic E-state index is 13.5. The normalized spacial score (nSPS) is 22.5. The van der Waals surface area contributed by atoms with Crippen LogP contribution in [0.5, 0.6) is 0 Å². The van der Waals surface area contributed by atoms with Crippen LogP contribution in [-0.2, 0) is 14.4 Å². The van der Waals surface area contributed by atoms with Crippen molar-refractivity contribution in [3.05, 3.63) is 35.4 Å². The molecule has 0 bridgehead atoms. The van der Waals surface area contributed by atoms with Crippen LogP contribution in [0.2, 0.25) is 0 Å². The van der Waals surface area contributed by atoms with Crippen LogP contribution in [-0.4, -0.2) is 78.4 Å². The molecule has 2 heterocycles. The summed E-state index contributed by atoms with van der Waals surface area (Å²) in [6.07, 6.45) is 3.42. The van der Waals surface area contributed by atoms with Gasteiger partial charge in [0.25, 0.3) is 6.47 Å². The average Bonchev–Trinajstić information content (AvgIpc) is 2.75. The fraction of sp³-hybridized carbons (Fsp3) is 0.625. The van der Waals surface area contributed by atoms with E-state index in [1.54, 1.807) is 0 Å². The summed E-state index contributed by atoms with van der Waals surface area (Å²) in [6, 6.07) is 8.03. The van der Waals surface area contributed by atoms with Gasteiger partial charge in [0, 0.05) is 26.6 Å². The molecule has 0 spiro atoms. The lowest BCUT2D eigenvalue weighted by molar-refractivity contribution is -0.147. The lowest BCUT2D eigenvalue weighted by atomic mass is 9.81. The van der Waals surface area contributed by atoms with Gasteiger partial charge in [0.05, 0.1) is 12.0 Å². The molecule has 0 radical (unpaired) electrons. The number of carboxylic acid groups (broad SMARTS) is 1. The van der Waals surface area contributed by atoms with Gasteiger partial charge in [-0.15, -0.1) is 0 Å². The Bertz CT molecular complexity index is 746.